The molecule has 0 spiro atoms. The van der Waals surface area contributed by atoms with Crippen molar-refractivity contribution in [2.75, 3.05) is 12.9 Å². The van der Waals surface area contributed by atoms with E-state index in [1.165, 1.54) is 11.8 Å². The van der Waals surface area contributed by atoms with E-state index < -0.39 is 0 Å². The van der Waals surface area contributed by atoms with E-state index in [-0.39, 0.29) is 0 Å². The normalized spacial score (nSPS) is 12.1. The number of halogens is 2. The Morgan fingerprint density at radius 3 is 2.56 bits per heavy atom. The van der Waals surface area contributed by atoms with Crippen molar-refractivity contribution in [2.45, 2.75) is 6.92 Å². The summed E-state index contributed by atoms with van der Waals surface area (Å²) in [5.74, 6) is 0.779. The van der Waals surface area contributed by atoms with Gasteiger partial charge in [0.25, 0.3) is 0 Å². The SMILES string of the molecule is CCOc1c(Br)cc(/C=N\N=C(/N)SC)cc1Br. The molecule has 0 bridgehead atoms. The second-order valence-electron chi connectivity index (χ2n) is 3.13. The molecule has 1 rings (SSSR count). The number of rotatable bonds is 4. The van der Waals surface area contributed by atoms with Crippen LogP contribution in [0, 0.1) is 0 Å². The Hall–Kier alpha value is -0.530. The number of nitrogens with zero attached hydrogens (tertiary/aromatic N) is 2. The van der Waals surface area contributed by atoms with Crippen molar-refractivity contribution in [2.24, 2.45) is 15.9 Å². The van der Waals surface area contributed by atoms with Crippen LogP contribution in [0.25, 0.3) is 0 Å². The minimum atomic E-state index is 0.426. The van der Waals surface area contributed by atoms with Gasteiger partial charge in [0.05, 0.1) is 21.8 Å². The van der Waals surface area contributed by atoms with Crippen LogP contribution in [0.4, 0.5) is 0 Å². The molecule has 0 radical (unpaired) electrons. The van der Waals surface area contributed by atoms with Crippen molar-refractivity contribution in [3.05, 3.63) is 26.6 Å². The second kappa shape index (κ2) is 7.81. The molecule has 7 heteroatoms. The van der Waals surface area contributed by atoms with E-state index in [2.05, 4.69) is 42.1 Å². The lowest BCUT2D eigenvalue weighted by Crippen LogP contribution is -2.03. The maximum atomic E-state index is 5.52. The number of amidine groups is 1. The van der Waals surface area contributed by atoms with Crippen LogP contribution in [0.2, 0.25) is 0 Å². The number of thioether (sulfide) groups is 1. The molecule has 0 aliphatic heterocycles. The minimum Gasteiger partial charge on any atom is -0.492 e. The molecule has 1 aromatic rings. The van der Waals surface area contributed by atoms with Gasteiger partial charge in [-0.1, -0.05) is 11.8 Å². The Kier molecular flexibility index (Phi) is 6.73. The molecule has 0 unspecified atom stereocenters. The van der Waals surface area contributed by atoms with Crippen LogP contribution in [-0.2, 0) is 0 Å². The number of hydrogen-bond donors (Lipinski definition) is 1. The van der Waals surface area contributed by atoms with Crippen LogP contribution in [0.15, 0.2) is 31.3 Å². The molecule has 98 valence electrons. The van der Waals surface area contributed by atoms with Crippen LogP contribution < -0.4 is 10.5 Å². The highest BCUT2D eigenvalue weighted by Crippen LogP contribution is 2.34. The lowest BCUT2D eigenvalue weighted by Gasteiger charge is -2.08. The third-order valence-electron chi connectivity index (χ3n) is 1.88. The van der Waals surface area contributed by atoms with Crippen LogP contribution in [0.1, 0.15) is 12.5 Å². The zero-order valence-corrected chi connectivity index (χ0v) is 14.0. The zero-order chi connectivity index (χ0) is 13.5. The highest BCUT2D eigenvalue weighted by Gasteiger charge is 2.07. The quantitative estimate of drug-likeness (QED) is 0.482. The summed E-state index contributed by atoms with van der Waals surface area (Å²) in [5, 5.41) is 8.15. The van der Waals surface area contributed by atoms with E-state index >= 15 is 0 Å². The summed E-state index contributed by atoms with van der Waals surface area (Å²) in [6.07, 6.45) is 3.48. The first-order valence-corrected chi connectivity index (χ1v) is 7.91. The van der Waals surface area contributed by atoms with Crippen molar-refractivity contribution in [1.82, 2.24) is 0 Å². The van der Waals surface area contributed by atoms with E-state index in [0.717, 1.165) is 20.3 Å². The third kappa shape index (κ3) is 4.62. The number of hydrogen-bond acceptors (Lipinski definition) is 4. The van der Waals surface area contributed by atoms with Crippen molar-refractivity contribution in [3.63, 3.8) is 0 Å². The molecule has 0 amide bonds. The van der Waals surface area contributed by atoms with Gasteiger partial charge in [0, 0.05) is 0 Å². The molecule has 2 N–H and O–H groups in total. The summed E-state index contributed by atoms with van der Waals surface area (Å²) in [5.41, 5.74) is 6.42. The van der Waals surface area contributed by atoms with Gasteiger partial charge >= 0.3 is 0 Å². The molecule has 18 heavy (non-hydrogen) atoms. The molecule has 0 aromatic heterocycles. The Labute approximate surface area is 127 Å². The van der Waals surface area contributed by atoms with E-state index in [1.807, 2.05) is 25.3 Å². The maximum Gasteiger partial charge on any atom is 0.180 e. The monoisotopic (exact) mass is 393 g/mol. The topological polar surface area (TPSA) is 60.0 Å². The predicted molar refractivity (Wildman–Crippen MR) is 85.7 cm³/mol. The molecule has 0 atom stereocenters. The molecular formula is C11H13Br2N3OS. The lowest BCUT2D eigenvalue weighted by molar-refractivity contribution is 0.336. The largest absolute Gasteiger partial charge is 0.492 e. The summed E-state index contributed by atoms with van der Waals surface area (Å²) >= 11 is 8.26. The van der Waals surface area contributed by atoms with Gasteiger partial charge < -0.3 is 10.5 Å². The molecule has 0 aliphatic carbocycles. The standard InChI is InChI=1S/C11H13Br2N3OS/c1-3-17-10-8(12)4-7(5-9(10)13)6-15-16-11(14)18-2/h4-6H,3H2,1-2H3,(H2,14,16)/b15-6-. The molecular weight excluding hydrogens is 382 g/mol. The lowest BCUT2D eigenvalue weighted by atomic mass is 10.2. The van der Waals surface area contributed by atoms with Gasteiger partial charge in [0.2, 0.25) is 0 Å². The Morgan fingerprint density at radius 2 is 2.06 bits per heavy atom. The fourth-order valence-corrected chi connectivity index (χ4v) is 2.71. The fourth-order valence-electron chi connectivity index (χ4n) is 1.13. The number of benzene rings is 1. The average Bonchev–Trinajstić information content (AvgIpc) is 2.33. The van der Waals surface area contributed by atoms with Crippen LogP contribution in [-0.4, -0.2) is 24.2 Å². The smallest absolute Gasteiger partial charge is 0.180 e. The summed E-state index contributed by atoms with van der Waals surface area (Å²) in [6.45, 7) is 2.55. The highest BCUT2D eigenvalue weighted by molar-refractivity contribution is 9.11. The molecule has 0 saturated heterocycles. The van der Waals surface area contributed by atoms with Crippen molar-refractivity contribution < 1.29 is 4.74 Å². The molecule has 0 saturated carbocycles. The van der Waals surface area contributed by atoms with Gasteiger partial charge in [0.1, 0.15) is 5.75 Å². The second-order valence-corrected chi connectivity index (χ2v) is 5.67. The van der Waals surface area contributed by atoms with Crippen LogP contribution in [0.3, 0.4) is 0 Å². The van der Waals surface area contributed by atoms with Crippen molar-refractivity contribution >= 4 is 55.0 Å². The maximum absolute atomic E-state index is 5.52. The average molecular weight is 395 g/mol. The summed E-state index contributed by atoms with van der Waals surface area (Å²) in [7, 11) is 0. The number of ether oxygens (including phenoxy) is 1. The van der Waals surface area contributed by atoms with Crippen LogP contribution in [0.5, 0.6) is 5.75 Å². The van der Waals surface area contributed by atoms with Crippen molar-refractivity contribution in [3.8, 4) is 5.75 Å². The van der Waals surface area contributed by atoms with Gasteiger partial charge in [0.15, 0.2) is 5.17 Å². The van der Waals surface area contributed by atoms with Gasteiger partial charge in [-0.3, -0.25) is 0 Å². The van der Waals surface area contributed by atoms with E-state index in [1.54, 1.807) is 6.21 Å². The van der Waals surface area contributed by atoms with E-state index in [0.29, 0.717) is 11.8 Å². The predicted octanol–water partition coefficient (Wildman–Crippen LogP) is 3.62. The summed E-state index contributed by atoms with van der Waals surface area (Å²) < 4.78 is 7.22. The number of nitrogens with two attached hydrogens (primary N) is 1. The Balaban J connectivity index is 2.93. The van der Waals surface area contributed by atoms with Gasteiger partial charge in [-0.25, -0.2) is 0 Å². The summed E-state index contributed by atoms with van der Waals surface area (Å²) in [6, 6.07) is 3.81. The molecule has 4 nitrogen and oxygen atoms in total. The molecule has 0 heterocycles. The first kappa shape index (κ1) is 15.5. The molecule has 1 aromatic carbocycles. The molecule has 0 aliphatic rings. The van der Waals surface area contributed by atoms with E-state index in [9.17, 15) is 0 Å². The molecule has 0 fully saturated rings. The third-order valence-corrected chi connectivity index (χ3v) is 3.56. The summed E-state index contributed by atoms with van der Waals surface area (Å²) in [4.78, 5) is 0. The fraction of sp³-hybridized carbons (Fsp3) is 0.273. The Bertz CT molecular complexity index is 454. The first-order valence-electron chi connectivity index (χ1n) is 5.10. The Morgan fingerprint density at radius 1 is 1.44 bits per heavy atom. The van der Waals surface area contributed by atoms with Gasteiger partial charge in [-0.15, -0.1) is 5.10 Å². The van der Waals surface area contributed by atoms with Crippen molar-refractivity contribution in [1.29, 1.82) is 0 Å². The zero-order valence-electron chi connectivity index (χ0n) is 9.98. The van der Waals surface area contributed by atoms with Gasteiger partial charge in [-0.05, 0) is 62.7 Å². The first-order chi connectivity index (χ1) is 8.58. The van der Waals surface area contributed by atoms with Gasteiger partial charge in [-0.2, -0.15) is 5.10 Å². The highest BCUT2D eigenvalue weighted by atomic mass is 79.9. The van der Waals surface area contributed by atoms with E-state index in [4.69, 9.17) is 10.5 Å². The van der Waals surface area contributed by atoms with Crippen LogP contribution >= 0.6 is 43.6 Å². The minimum absolute atomic E-state index is 0.426.